The van der Waals surface area contributed by atoms with E-state index in [1.165, 1.54) is 18.2 Å². The van der Waals surface area contributed by atoms with Crippen molar-refractivity contribution in [3.63, 3.8) is 0 Å². The lowest BCUT2D eigenvalue weighted by Gasteiger charge is -2.10. The molecule has 128 valence electrons. The number of H-pyrrole nitrogens is 1. The molecule has 0 atom stereocenters. The largest absolute Gasteiger partial charge is 0.573 e. The second-order valence-corrected chi connectivity index (χ2v) is 5.55. The van der Waals surface area contributed by atoms with Gasteiger partial charge in [0.2, 0.25) is 0 Å². The number of rotatable bonds is 2. The third-order valence-electron chi connectivity index (χ3n) is 3.85. The van der Waals surface area contributed by atoms with Gasteiger partial charge in [-0.3, -0.25) is 0 Å². The van der Waals surface area contributed by atoms with E-state index in [0.29, 0.717) is 16.8 Å². The van der Waals surface area contributed by atoms with Crippen molar-refractivity contribution in [2.45, 2.75) is 6.36 Å². The molecule has 0 saturated heterocycles. The molecule has 0 aliphatic rings. The first-order chi connectivity index (χ1) is 12.4. The van der Waals surface area contributed by atoms with Crippen LogP contribution in [0.2, 0.25) is 0 Å². The number of nitriles is 1. The Morgan fingerprint density at radius 1 is 1.00 bits per heavy atom. The van der Waals surface area contributed by atoms with Crippen LogP contribution in [0.15, 0.2) is 48.8 Å². The average Bonchev–Trinajstić information content (AvgIpc) is 2.97. The van der Waals surface area contributed by atoms with Crippen molar-refractivity contribution in [3.8, 4) is 22.9 Å². The highest BCUT2D eigenvalue weighted by atomic mass is 19.4. The van der Waals surface area contributed by atoms with E-state index in [0.717, 1.165) is 16.3 Å². The van der Waals surface area contributed by atoms with Crippen LogP contribution < -0.4 is 4.74 Å². The van der Waals surface area contributed by atoms with Crippen LogP contribution in [0.4, 0.5) is 13.2 Å². The number of aromatic nitrogens is 3. The van der Waals surface area contributed by atoms with E-state index < -0.39 is 6.36 Å². The zero-order chi connectivity index (χ0) is 18.3. The van der Waals surface area contributed by atoms with E-state index in [4.69, 9.17) is 5.26 Å². The van der Waals surface area contributed by atoms with Crippen molar-refractivity contribution in [1.29, 1.82) is 5.26 Å². The molecule has 0 fully saturated rings. The van der Waals surface area contributed by atoms with Crippen LogP contribution in [0.3, 0.4) is 0 Å². The highest BCUT2D eigenvalue weighted by molar-refractivity contribution is 6.06. The normalized spacial score (nSPS) is 11.6. The molecule has 0 saturated carbocycles. The van der Waals surface area contributed by atoms with Crippen LogP contribution in [0.25, 0.3) is 33.1 Å². The third-order valence-corrected chi connectivity index (χ3v) is 3.85. The second kappa shape index (κ2) is 5.74. The van der Waals surface area contributed by atoms with Gasteiger partial charge in [-0.2, -0.15) is 5.26 Å². The van der Waals surface area contributed by atoms with Gasteiger partial charge >= 0.3 is 6.36 Å². The highest BCUT2D eigenvalue weighted by Gasteiger charge is 2.31. The zero-order valence-electron chi connectivity index (χ0n) is 13.0. The number of alkyl halides is 3. The van der Waals surface area contributed by atoms with Gasteiger partial charge in [0.05, 0.1) is 11.7 Å². The fraction of sp³-hybridized carbons (Fsp3) is 0.0556. The molecule has 4 aromatic rings. The topological polar surface area (TPSA) is 74.6 Å². The van der Waals surface area contributed by atoms with Crippen molar-refractivity contribution in [2.75, 3.05) is 0 Å². The standard InChI is InChI=1S/C18H9F3N4O/c19-18(20,21)26-13-3-1-2-10(4-13)11-5-15-14-6-12(7-22)23-9-16(14)25-17(15)24-8-11/h1-6,8-9H,(H,24,25). The Bertz CT molecular complexity index is 1170. The van der Waals surface area contributed by atoms with Gasteiger partial charge in [0.25, 0.3) is 0 Å². The summed E-state index contributed by atoms with van der Waals surface area (Å²) in [7, 11) is 0. The maximum atomic E-state index is 12.4. The molecule has 3 aromatic heterocycles. The van der Waals surface area contributed by atoms with Gasteiger partial charge in [-0.25, -0.2) is 9.97 Å². The number of aromatic amines is 1. The fourth-order valence-electron chi connectivity index (χ4n) is 2.77. The predicted octanol–water partition coefficient (Wildman–Crippen LogP) is 4.55. The summed E-state index contributed by atoms with van der Waals surface area (Å²) in [6, 6.07) is 11.1. The van der Waals surface area contributed by atoms with Crippen LogP contribution >= 0.6 is 0 Å². The first kappa shape index (κ1) is 15.9. The minimum atomic E-state index is -4.75. The van der Waals surface area contributed by atoms with Crippen LogP contribution in [0.5, 0.6) is 5.75 Å². The van der Waals surface area contributed by atoms with Crippen molar-refractivity contribution in [1.82, 2.24) is 15.0 Å². The Labute approximate surface area is 144 Å². The first-order valence-corrected chi connectivity index (χ1v) is 7.47. The summed E-state index contributed by atoms with van der Waals surface area (Å²) in [4.78, 5) is 11.4. The number of hydrogen-bond donors (Lipinski definition) is 1. The molecule has 1 aromatic carbocycles. The Balaban J connectivity index is 1.83. The Kier molecular flexibility index (Phi) is 3.51. The predicted molar refractivity (Wildman–Crippen MR) is 88.2 cm³/mol. The lowest BCUT2D eigenvalue weighted by Crippen LogP contribution is -2.17. The van der Waals surface area contributed by atoms with Gasteiger partial charge in [-0.1, -0.05) is 12.1 Å². The maximum absolute atomic E-state index is 12.4. The van der Waals surface area contributed by atoms with E-state index in [2.05, 4.69) is 19.7 Å². The molecule has 0 amide bonds. The summed E-state index contributed by atoms with van der Waals surface area (Å²) in [5, 5.41) is 10.5. The van der Waals surface area contributed by atoms with E-state index in [1.807, 2.05) is 6.07 Å². The number of pyridine rings is 2. The van der Waals surface area contributed by atoms with Crippen LogP contribution in [-0.2, 0) is 0 Å². The molecule has 0 aliphatic heterocycles. The van der Waals surface area contributed by atoms with Crippen LogP contribution in [-0.4, -0.2) is 21.3 Å². The molecule has 3 heterocycles. The molecule has 1 N–H and O–H groups in total. The molecule has 0 unspecified atom stereocenters. The SMILES string of the molecule is N#Cc1cc2c(cn1)[nH]c1ncc(-c3cccc(OC(F)(F)F)c3)cc12. The molecule has 0 aliphatic carbocycles. The number of benzene rings is 1. The number of nitrogens with zero attached hydrogens (tertiary/aromatic N) is 3. The molecular formula is C18H9F3N4O. The number of fused-ring (bicyclic) bond motifs is 3. The van der Waals surface area contributed by atoms with E-state index in [9.17, 15) is 13.2 Å². The lowest BCUT2D eigenvalue weighted by atomic mass is 10.1. The average molecular weight is 354 g/mol. The minimum Gasteiger partial charge on any atom is -0.406 e. The Morgan fingerprint density at radius 2 is 1.85 bits per heavy atom. The summed E-state index contributed by atoms with van der Waals surface area (Å²) < 4.78 is 41.2. The molecule has 0 radical (unpaired) electrons. The van der Waals surface area contributed by atoms with Crippen molar-refractivity contribution in [3.05, 3.63) is 54.5 Å². The summed E-state index contributed by atoms with van der Waals surface area (Å²) in [5.74, 6) is -0.301. The summed E-state index contributed by atoms with van der Waals surface area (Å²) in [6.45, 7) is 0. The lowest BCUT2D eigenvalue weighted by molar-refractivity contribution is -0.274. The molecular weight excluding hydrogens is 345 g/mol. The first-order valence-electron chi connectivity index (χ1n) is 7.47. The van der Waals surface area contributed by atoms with Gasteiger partial charge in [0.15, 0.2) is 0 Å². The maximum Gasteiger partial charge on any atom is 0.573 e. The monoisotopic (exact) mass is 354 g/mol. The second-order valence-electron chi connectivity index (χ2n) is 5.55. The number of hydrogen-bond acceptors (Lipinski definition) is 4. The van der Waals surface area contributed by atoms with Crippen molar-refractivity contribution < 1.29 is 17.9 Å². The molecule has 0 bridgehead atoms. The highest BCUT2D eigenvalue weighted by Crippen LogP contribution is 2.31. The summed E-state index contributed by atoms with van der Waals surface area (Å²) in [5.41, 5.74) is 2.75. The van der Waals surface area contributed by atoms with E-state index >= 15 is 0 Å². The molecule has 5 nitrogen and oxygen atoms in total. The van der Waals surface area contributed by atoms with Gasteiger partial charge in [0.1, 0.15) is 23.2 Å². The van der Waals surface area contributed by atoms with Gasteiger partial charge in [-0.05, 0) is 29.8 Å². The number of halogens is 3. The van der Waals surface area contributed by atoms with Crippen molar-refractivity contribution in [2.24, 2.45) is 0 Å². The van der Waals surface area contributed by atoms with Gasteiger partial charge < -0.3 is 9.72 Å². The van der Waals surface area contributed by atoms with E-state index in [1.54, 1.807) is 30.6 Å². The summed E-state index contributed by atoms with van der Waals surface area (Å²) >= 11 is 0. The quantitative estimate of drug-likeness (QED) is 0.573. The zero-order valence-corrected chi connectivity index (χ0v) is 13.0. The van der Waals surface area contributed by atoms with Gasteiger partial charge in [-0.15, -0.1) is 13.2 Å². The molecule has 4 rings (SSSR count). The van der Waals surface area contributed by atoms with Crippen molar-refractivity contribution >= 4 is 21.9 Å². The number of nitrogens with one attached hydrogen (secondary N) is 1. The van der Waals surface area contributed by atoms with Crippen LogP contribution in [0, 0.1) is 11.3 Å². The summed E-state index contributed by atoms with van der Waals surface area (Å²) in [6.07, 6.45) is -1.64. The van der Waals surface area contributed by atoms with E-state index in [-0.39, 0.29) is 11.4 Å². The number of ether oxygens (including phenoxy) is 1. The van der Waals surface area contributed by atoms with Gasteiger partial charge in [0, 0.05) is 22.5 Å². The molecule has 0 spiro atoms. The smallest absolute Gasteiger partial charge is 0.406 e. The Morgan fingerprint density at radius 3 is 2.62 bits per heavy atom. The van der Waals surface area contributed by atoms with Crippen LogP contribution in [0.1, 0.15) is 5.69 Å². The molecule has 26 heavy (non-hydrogen) atoms. The Hall–Kier alpha value is -3.60. The third kappa shape index (κ3) is 2.91. The fourth-order valence-corrected chi connectivity index (χ4v) is 2.77. The minimum absolute atomic E-state index is 0.268. The molecule has 8 heteroatoms.